The van der Waals surface area contributed by atoms with E-state index in [9.17, 15) is 9.18 Å². The highest BCUT2D eigenvalue weighted by molar-refractivity contribution is 6.00. The summed E-state index contributed by atoms with van der Waals surface area (Å²) in [6.45, 7) is 0. The number of hydrogen-bond acceptors (Lipinski definition) is 3. The fraction of sp³-hybridized carbons (Fsp3) is 0. The lowest BCUT2D eigenvalue weighted by atomic mass is 10.1. The summed E-state index contributed by atoms with van der Waals surface area (Å²) in [5, 5.41) is 8.16. The first kappa shape index (κ1) is 14.7. The maximum atomic E-state index is 12.8. The third-order valence-corrected chi connectivity index (χ3v) is 3.23. The summed E-state index contributed by atoms with van der Waals surface area (Å²) in [6, 6.07) is 18.9. The molecule has 5 heteroatoms. The first-order valence-electron chi connectivity index (χ1n) is 6.97. The van der Waals surface area contributed by atoms with E-state index in [1.165, 1.54) is 30.5 Å². The van der Waals surface area contributed by atoms with Crippen LogP contribution in [0.4, 0.5) is 14.9 Å². The molecule has 0 unspecified atom stereocenters. The first-order valence-corrected chi connectivity index (χ1v) is 6.97. The Labute approximate surface area is 132 Å². The predicted octanol–water partition coefficient (Wildman–Crippen LogP) is 4.56. The summed E-state index contributed by atoms with van der Waals surface area (Å²) in [4.78, 5) is 16.5. The van der Waals surface area contributed by atoms with E-state index in [2.05, 4.69) is 10.5 Å². The lowest BCUT2D eigenvalue weighted by Gasteiger charge is -2.06. The van der Waals surface area contributed by atoms with Gasteiger partial charge in [-0.25, -0.2) is 9.18 Å². The van der Waals surface area contributed by atoms with Crippen molar-refractivity contribution in [3.8, 4) is 0 Å². The molecule has 0 bridgehead atoms. The number of nitrogens with one attached hydrogen (secondary N) is 1. The van der Waals surface area contributed by atoms with Crippen LogP contribution < -0.4 is 5.32 Å². The highest BCUT2D eigenvalue weighted by Crippen LogP contribution is 2.22. The van der Waals surface area contributed by atoms with Gasteiger partial charge >= 0.3 is 6.09 Å². The molecule has 114 valence electrons. The molecule has 0 aromatic heterocycles. The molecule has 3 aromatic carbocycles. The number of hydrogen-bond donors (Lipinski definition) is 1. The van der Waals surface area contributed by atoms with E-state index in [0.717, 1.165) is 10.8 Å². The average Bonchev–Trinajstić information content (AvgIpc) is 2.57. The molecule has 0 saturated heterocycles. The normalized spacial score (nSPS) is 10.8. The molecule has 0 aliphatic carbocycles. The quantitative estimate of drug-likeness (QED) is 0.438. The fourth-order valence-electron chi connectivity index (χ4n) is 2.15. The monoisotopic (exact) mass is 308 g/mol. The summed E-state index contributed by atoms with van der Waals surface area (Å²) in [5.74, 6) is -0.336. The van der Waals surface area contributed by atoms with Gasteiger partial charge in [0, 0.05) is 5.39 Å². The number of nitrogens with zero attached hydrogens (tertiary/aromatic N) is 1. The number of oxime groups is 1. The van der Waals surface area contributed by atoms with Crippen LogP contribution in [-0.4, -0.2) is 12.3 Å². The van der Waals surface area contributed by atoms with Crippen LogP contribution in [0.5, 0.6) is 0 Å². The van der Waals surface area contributed by atoms with E-state index in [-0.39, 0.29) is 5.82 Å². The molecule has 0 heterocycles. The molecular weight excluding hydrogens is 295 g/mol. The summed E-state index contributed by atoms with van der Waals surface area (Å²) in [6.07, 6.45) is 0.641. The summed E-state index contributed by atoms with van der Waals surface area (Å²) >= 11 is 0. The zero-order valence-corrected chi connectivity index (χ0v) is 12.1. The summed E-state index contributed by atoms with van der Waals surface area (Å²) in [5.41, 5.74) is 1.27. The van der Waals surface area contributed by atoms with Crippen LogP contribution in [0.2, 0.25) is 0 Å². The zero-order valence-electron chi connectivity index (χ0n) is 12.1. The van der Waals surface area contributed by atoms with Gasteiger partial charge in [0.05, 0.1) is 11.9 Å². The molecule has 0 radical (unpaired) electrons. The summed E-state index contributed by atoms with van der Waals surface area (Å²) < 4.78 is 12.8. The maximum absolute atomic E-state index is 12.8. The Morgan fingerprint density at radius 3 is 2.57 bits per heavy atom. The van der Waals surface area contributed by atoms with Gasteiger partial charge in [0.25, 0.3) is 0 Å². The molecule has 3 rings (SSSR count). The van der Waals surface area contributed by atoms with Gasteiger partial charge in [-0.1, -0.05) is 53.7 Å². The van der Waals surface area contributed by atoms with Crippen LogP contribution in [0, 0.1) is 5.82 Å². The van der Waals surface area contributed by atoms with Crippen molar-refractivity contribution in [2.24, 2.45) is 5.16 Å². The van der Waals surface area contributed by atoms with Crippen molar-refractivity contribution in [1.82, 2.24) is 0 Å². The Morgan fingerprint density at radius 2 is 1.74 bits per heavy atom. The molecule has 1 N–H and O–H groups in total. The number of anilines is 1. The summed E-state index contributed by atoms with van der Waals surface area (Å²) in [7, 11) is 0. The molecule has 3 aromatic rings. The Kier molecular flexibility index (Phi) is 4.29. The zero-order chi connectivity index (χ0) is 16.1. The van der Waals surface area contributed by atoms with E-state index in [1.807, 2.05) is 36.4 Å². The van der Waals surface area contributed by atoms with E-state index < -0.39 is 6.09 Å². The number of carbonyl (C=O) groups is 1. The van der Waals surface area contributed by atoms with Crippen LogP contribution in [0.15, 0.2) is 71.9 Å². The second-order valence-corrected chi connectivity index (χ2v) is 4.82. The largest absolute Gasteiger partial charge is 0.437 e. The minimum absolute atomic E-state index is 0.336. The smallest absolute Gasteiger partial charge is 0.298 e. The van der Waals surface area contributed by atoms with Gasteiger partial charge in [0.15, 0.2) is 0 Å². The van der Waals surface area contributed by atoms with Crippen molar-refractivity contribution < 1.29 is 14.0 Å². The third kappa shape index (κ3) is 3.71. The molecule has 0 aliphatic heterocycles. The van der Waals surface area contributed by atoms with E-state index >= 15 is 0 Å². The standard InChI is InChI=1S/C18H13FN2O2/c19-15-10-8-13(9-11-15)12-20-23-18(22)21-17-7-3-5-14-4-1-2-6-16(14)17/h1-12H,(H,21,22)/b20-12-. The third-order valence-electron chi connectivity index (χ3n) is 3.23. The van der Waals surface area contributed by atoms with Crippen molar-refractivity contribution >= 4 is 28.8 Å². The molecular formula is C18H13FN2O2. The maximum Gasteiger partial charge on any atom is 0.437 e. The first-order chi connectivity index (χ1) is 11.2. The Balaban J connectivity index is 1.66. The van der Waals surface area contributed by atoms with Crippen molar-refractivity contribution in [3.63, 3.8) is 0 Å². The van der Waals surface area contributed by atoms with Gasteiger partial charge < -0.3 is 0 Å². The lowest BCUT2D eigenvalue weighted by Crippen LogP contribution is -2.11. The molecule has 0 saturated carbocycles. The lowest BCUT2D eigenvalue weighted by molar-refractivity contribution is 0.167. The van der Waals surface area contributed by atoms with Gasteiger partial charge in [-0.3, -0.25) is 10.2 Å². The highest BCUT2D eigenvalue weighted by Gasteiger charge is 2.05. The Morgan fingerprint density at radius 1 is 1.00 bits per heavy atom. The van der Waals surface area contributed by atoms with Crippen LogP contribution in [-0.2, 0) is 4.84 Å². The number of carbonyl (C=O) groups excluding carboxylic acids is 1. The van der Waals surface area contributed by atoms with Crippen LogP contribution >= 0.6 is 0 Å². The predicted molar refractivity (Wildman–Crippen MR) is 88.0 cm³/mol. The van der Waals surface area contributed by atoms with Gasteiger partial charge in [0.1, 0.15) is 5.82 Å². The highest BCUT2D eigenvalue weighted by atomic mass is 19.1. The molecule has 0 spiro atoms. The Hall–Kier alpha value is -3.21. The van der Waals surface area contributed by atoms with Gasteiger partial charge in [-0.05, 0) is 29.1 Å². The Bertz CT molecular complexity index is 855. The molecule has 4 nitrogen and oxygen atoms in total. The SMILES string of the molecule is O=C(Nc1cccc2ccccc12)O/N=C\c1ccc(F)cc1. The number of benzene rings is 3. The van der Waals surface area contributed by atoms with E-state index in [4.69, 9.17) is 4.84 Å². The topological polar surface area (TPSA) is 50.7 Å². The van der Waals surface area contributed by atoms with Crippen LogP contribution in [0.1, 0.15) is 5.56 Å². The van der Waals surface area contributed by atoms with Gasteiger partial charge in [-0.2, -0.15) is 0 Å². The molecule has 23 heavy (non-hydrogen) atoms. The molecule has 1 amide bonds. The number of fused-ring (bicyclic) bond motifs is 1. The van der Waals surface area contributed by atoms with E-state index in [0.29, 0.717) is 11.3 Å². The minimum Gasteiger partial charge on any atom is -0.298 e. The number of halogens is 1. The van der Waals surface area contributed by atoms with Crippen LogP contribution in [0.3, 0.4) is 0 Å². The van der Waals surface area contributed by atoms with Crippen molar-refractivity contribution in [2.75, 3.05) is 5.32 Å². The van der Waals surface area contributed by atoms with Crippen molar-refractivity contribution in [3.05, 3.63) is 78.1 Å². The van der Waals surface area contributed by atoms with Crippen molar-refractivity contribution in [2.45, 2.75) is 0 Å². The second-order valence-electron chi connectivity index (χ2n) is 4.82. The molecule has 0 atom stereocenters. The van der Waals surface area contributed by atoms with E-state index in [1.54, 1.807) is 6.07 Å². The fourth-order valence-corrected chi connectivity index (χ4v) is 2.15. The number of rotatable bonds is 3. The van der Waals surface area contributed by atoms with Gasteiger partial charge in [-0.15, -0.1) is 0 Å². The van der Waals surface area contributed by atoms with Gasteiger partial charge in [0.2, 0.25) is 0 Å². The van der Waals surface area contributed by atoms with Crippen molar-refractivity contribution in [1.29, 1.82) is 0 Å². The second kappa shape index (κ2) is 6.70. The number of amides is 1. The average molecular weight is 308 g/mol. The molecule has 0 aliphatic rings. The molecule has 0 fully saturated rings. The van der Waals surface area contributed by atoms with Crippen LogP contribution in [0.25, 0.3) is 10.8 Å². The minimum atomic E-state index is -0.695.